The first kappa shape index (κ1) is 28.3. The summed E-state index contributed by atoms with van der Waals surface area (Å²) in [6.45, 7) is 9.94. The molecule has 1 saturated carbocycles. The third-order valence-electron chi connectivity index (χ3n) is 7.31. The van der Waals surface area contributed by atoms with Crippen molar-refractivity contribution in [3.8, 4) is 0 Å². The fourth-order valence-corrected chi connectivity index (χ4v) is 5.39. The van der Waals surface area contributed by atoms with E-state index < -0.39 is 17.2 Å². The highest BCUT2D eigenvalue weighted by molar-refractivity contribution is 5.89. The van der Waals surface area contributed by atoms with E-state index in [2.05, 4.69) is 22.5 Å². The lowest BCUT2D eigenvalue weighted by molar-refractivity contribution is -0.161. The van der Waals surface area contributed by atoms with Gasteiger partial charge in [0, 0.05) is 19.1 Å². The van der Waals surface area contributed by atoms with Crippen LogP contribution in [0.5, 0.6) is 0 Å². The van der Waals surface area contributed by atoms with E-state index in [0.717, 1.165) is 70.1 Å². The smallest absolute Gasteiger partial charge is 0.412 e. The molecule has 0 spiro atoms. The number of carbonyl (C=O) groups excluding carboxylic acids is 2. The van der Waals surface area contributed by atoms with Crippen LogP contribution in [0.15, 0.2) is 24.3 Å². The van der Waals surface area contributed by atoms with Crippen LogP contribution in [-0.4, -0.2) is 53.8 Å². The van der Waals surface area contributed by atoms with Crippen molar-refractivity contribution in [2.75, 3.05) is 30.3 Å². The number of anilines is 2. The van der Waals surface area contributed by atoms with Gasteiger partial charge in [0.15, 0.2) is 0 Å². The second-order valence-corrected chi connectivity index (χ2v) is 11.4. The van der Waals surface area contributed by atoms with Crippen molar-refractivity contribution in [2.24, 2.45) is 0 Å². The predicted molar refractivity (Wildman–Crippen MR) is 145 cm³/mol. The number of nitrogens with zero attached hydrogens (tertiary/aromatic N) is 1. The number of benzene rings is 1. The van der Waals surface area contributed by atoms with E-state index >= 15 is 0 Å². The van der Waals surface area contributed by atoms with Crippen LogP contribution in [0.4, 0.5) is 16.2 Å². The summed E-state index contributed by atoms with van der Waals surface area (Å²) >= 11 is 0. The number of ether oxygens (including phenoxy) is 2. The Morgan fingerprint density at radius 1 is 1.00 bits per heavy atom. The van der Waals surface area contributed by atoms with Gasteiger partial charge in [0.2, 0.25) is 0 Å². The molecule has 2 fully saturated rings. The van der Waals surface area contributed by atoms with Crippen molar-refractivity contribution in [3.05, 3.63) is 24.3 Å². The van der Waals surface area contributed by atoms with Gasteiger partial charge in [0.05, 0.1) is 18.0 Å². The average molecular weight is 502 g/mol. The number of nitrogens with one attached hydrogen (secondary N) is 2. The van der Waals surface area contributed by atoms with Gasteiger partial charge in [-0.2, -0.15) is 0 Å². The van der Waals surface area contributed by atoms with Crippen LogP contribution >= 0.6 is 0 Å². The van der Waals surface area contributed by atoms with Crippen LogP contribution < -0.4 is 10.6 Å². The van der Waals surface area contributed by atoms with Crippen molar-refractivity contribution in [1.29, 1.82) is 0 Å². The molecule has 2 N–H and O–H groups in total. The van der Waals surface area contributed by atoms with Gasteiger partial charge in [0.25, 0.3) is 0 Å². The lowest BCUT2D eigenvalue weighted by Gasteiger charge is -2.46. The Labute approximate surface area is 217 Å². The number of hydrogen-bond acceptors (Lipinski definition) is 6. The Morgan fingerprint density at radius 2 is 1.61 bits per heavy atom. The normalized spacial score (nSPS) is 19.6. The summed E-state index contributed by atoms with van der Waals surface area (Å²) in [5, 5.41) is 6.51. The van der Waals surface area contributed by atoms with Gasteiger partial charge in [-0.05, 0) is 65.0 Å². The summed E-state index contributed by atoms with van der Waals surface area (Å²) < 4.78 is 11.3. The first-order valence-electron chi connectivity index (χ1n) is 14.0. The minimum absolute atomic E-state index is 0.00355. The molecule has 3 rings (SSSR count). The van der Waals surface area contributed by atoms with Crippen LogP contribution in [0, 0.1) is 0 Å². The second kappa shape index (κ2) is 13.3. The van der Waals surface area contributed by atoms with E-state index in [-0.39, 0.29) is 12.0 Å². The van der Waals surface area contributed by atoms with Gasteiger partial charge in [-0.25, -0.2) is 4.79 Å². The highest BCUT2D eigenvalue weighted by Crippen LogP contribution is 2.36. The average Bonchev–Trinajstić information content (AvgIpc) is 2.80. The van der Waals surface area contributed by atoms with E-state index in [4.69, 9.17) is 9.47 Å². The molecule has 202 valence electrons. The Morgan fingerprint density at radius 3 is 2.22 bits per heavy atom. The lowest BCUT2D eigenvalue weighted by Crippen LogP contribution is -2.59. The molecule has 0 bridgehead atoms. The van der Waals surface area contributed by atoms with Crippen LogP contribution in [0.3, 0.4) is 0 Å². The summed E-state index contributed by atoms with van der Waals surface area (Å²) in [5.41, 5.74) is 0.575. The molecule has 2 aliphatic rings. The van der Waals surface area contributed by atoms with Crippen LogP contribution in [0.2, 0.25) is 0 Å². The van der Waals surface area contributed by atoms with E-state index in [9.17, 15) is 9.59 Å². The van der Waals surface area contributed by atoms with Gasteiger partial charge in [-0.1, -0.05) is 57.6 Å². The maximum absolute atomic E-state index is 13.4. The summed E-state index contributed by atoms with van der Waals surface area (Å²) in [7, 11) is 0. The van der Waals surface area contributed by atoms with Crippen LogP contribution in [0.25, 0.3) is 0 Å². The molecule has 7 nitrogen and oxygen atoms in total. The molecular formula is C29H47N3O4. The van der Waals surface area contributed by atoms with Crippen LogP contribution in [-0.2, 0) is 14.3 Å². The van der Waals surface area contributed by atoms with E-state index in [1.807, 2.05) is 45.0 Å². The number of piperidine rings is 1. The molecule has 1 saturated heterocycles. The summed E-state index contributed by atoms with van der Waals surface area (Å²) in [4.78, 5) is 28.2. The Balaban J connectivity index is 1.64. The maximum Gasteiger partial charge on any atom is 0.412 e. The highest BCUT2D eigenvalue weighted by atomic mass is 16.6. The topological polar surface area (TPSA) is 79.9 Å². The minimum atomic E-state index is -0.552. The standard InChI is InChI=1S/C29H47N3O4/c1-5-6-22-35-26(33)29(18-12-8-7-9-13-19-29)32-20-16-23(17-21-32)30-24-14-10-11-15-25(24)31-27(34)36-28(2,3)4/h10-11,14-15,23,30H,5-9,12-13,16-22H2,1-4H3,(H,31,34). The number of amides is 1. The monoisotopic (exact) mass is 501 g/mol. The second-order valence-electron chi connectivity index (χ2n) is 11.4. The largest absolute Gasteiger partial charge is 0.464 e. The number of rotatable bonds is 8. The van der Waals surface area contributed by atoms with E-state index in [0.29, 0.717) is 12.3 Å². The van der Waals surface area contributed by atoms with E-state index in [1.54, 1.807) is 0 Å². The van der Waals surface area contributed by atoms with Gasteiger partial charge >= 0.3 is 12.1 Å². The van der Waals surface area contributed by atoms with Gasteiger partial charge in [-0.3, -0.25) is 15.0 Å². The Hall–Kier alpha value is -2.28. The minimum Gasteiger partial charge on any atom is -0.464 e. The SMILES string of the molecule is CCCCOC(=O)C1(N2CCC(Nc3ccccc3NC(=O)OC(C)(C)C)CC2)CCCCCCC1. The first-order valence-corrected chi connectivity index (χ1v) is 14.0. The molecule has 0 aromatic heterocycles. The van der Waals surface area contributed by atoms with E-state index in [1.165, 1.54) is 19.3 Å². The molecule has 36 heavy (non-hydrogen) atoms. The Kier molecular flexibility index (Phi) is 10.5. The third kappa shape index (κ3) is 8.12. The number of likely N-dealkylation sites (tertiary alicyclic amines) is 1. The molecular weight excluding hydrogens is 454 g/mol. The van der Waals surface area contributed by atoms with Crippen molar-refractivity contribution in [2.45, 2.75) is 116 Å². The highest BCUT2D eigenvalue weighted by Gasteiger charge is 2.45. The fourth-order valence-electron chi connectivity index (χ4n) is 5.39. The predicted octanol–water partition coefficient (Wildman–Crippen LogP) is 6.74. The van der Waals surface area contributed by atoms with Crippen molar-refractivity contribution in [1.82, 2.24) is 4.90 Å². The fraction of sp³-hybridized carbons (Fsp3) is 0.724. The zero-order chi connectivity index (χ0) is 26.0. The molecule has 1 aliphatic carbocycles. The zero-order valence-corrected chi connectivity index (χ0v) is 22.9. The molecule has 1 aliphatic heterocycles. The Bertz CT molecular complexity index is 835. The van der Waals surface area contributed by atoms with Gasteiger partial charge in [0.1, 0.15) is 11.1 Å². The van der Waals surface area contributed by atoms with Gasteiger partial charge < -0.3 is 14.8 Å². The molecule has 1 heterocycles. The van der Waals surface area contributed by atoms with Crippen LogP contribution in [0.1, 0.15) is 98.3 Å². The molecule has 7 heteroatoms. The lowest BCUT2D eigenvalue weighted by atomic mass is 9.81. The summed E-state index contributed by atoms with van der Waals surface area (Å²) in [5.74, 6) is -0.00355. The molecule has 0 radical (unpaired) electrons. The summed E-state index contributed by atoms with van der Waals surface area (Å²) in [6, 6.07) is 8.01. The number of para-hydroxylation sites is 2. The molecule has 1 aromatic rings. The van der Waals surface area contributed by atoms with Crippen molar-refractivity contribution in [3.63, 3.8) is 0 Å². The molecule has 0 unspecified atom stereocenters. The number of hydrogen-bond donors (Lipinski definition) is 2. The van der Waals surface area contributed by atoms with Crippen molar-refractivity contribution >= 4 is 23.4 Å². The maximum atomic E-state index is 13.4. The molecule has 1 aromatic carbocycles. The first-order chi connectivity index (χ1) is 17.2. The quantitative estimate of drug-likeness (QED) is 0.303. The summed E-state index contributed by atoms with van der Waals surface area (Å²) in [6.07, 6.45) is 11.0. The zero-order valence-electron chi connectivity index (χ0n) is 22.9. The number of esters is 1. The number of carbonyl (C=O) groups is 2. The third-order valence-corrected chi connectivity index (χ3v) is 7.31. The van der Waals surface area contributed by atoms with Crippen molar-refractivity contribution < 1.29 is 19.1 Å². The molecule has 0 atom stereocenters. The molecule has 1 amide bonds. The van der Waals surface area contributed by atoms with Gasteiger partial charge in [-0.15, -0.1) is 0 Å². The number of unbranched alkanes of at least 4 members (excludes halogenated alkanes) is 1.